The minimum absolute atomic E-state index is 0.0327. The number of hydrogen-bond donors (Lipinski definition) is 1. The summed E-state index contributed by atoms with van der Waals surface area (Å²) in [6.45, 7) is 1.43. The average molecular weight is 244 g/mol. The standard InChI is InChI=1S/C10H7F3N2O2/c1-5-8(9(16)17)15-3-2-6(10(11,12)13)4-7(15)14-5/h2-4H,1H3,(H,16,17). The smallest absolute Gasteiger partial charge is 0.416 e. The molecule has 17 heavy (non-hydrogen) atoms. The molecule has 0 aliphatic carbocycles. The molecule has 0 unspecified atom stereocenters. The van der Waals surface area contributed by atoms with E-state index in [1.807, 2.05) is 0 Å². The van der Waals surface area contributed by atoms with E-state index >= 15 is 0 Å². The number of aromatic carboxylic acids is 1. The number of aromatic nitrogens is 2. The monoisotopic (exact) mass is 244 g/mol. The van der Waals surface area contributed by atoms with Gasteiger partial charge >= 0.3 is 12.1 Å². The summed E-state index contributed by atoms with van der Waals surface area (Å²) in [6, 6.07) is 1.64. The van der Waals surface area contributed by atoms with Crippen LogP contribution in [0.15, 0.2) is 18.3 Å². The van der Waals surface area contributed by atoms with Gasteiger partial charge in [0.2, 0.25) is 0 Å². The molecule has 0 fully saturated rings. The highest BCUT2D eigenvalue weighted by molar-refractivity contribution is 5.88. The molecular formula is C10H7F3N2O2. The van der Waals surface area contributed by atoms with E-state index in [0.29, 0.717) is 0 Å². The van der Waals surface area contributed by atoms with Gasteiger partial charge in [-0.15, -0.1) is 0 Å². The molecule has 0 radical (unpaired) electrons. The molecule has 1 N–H and O–H groups in total. The van der Waals surface area contributed by atoms with E-state index < -0.39 is 17.7 Å². The highest BCUT2D eigenvalue weighted by Crippen LogP contribution is 2.30. The Morgan fingerprint density at radius 3 is 2.65 bits per heavy atom. The summed E-state index contributed by atoms with van der Waals surface area (Å²) in [5, 5.41) is 8.90. The number of aryl methyl sites for hydroxylation is 1. The predicted molar refractivity (Wildman–Crippen MR) is 51.9 cm³/mol. The Labute approximate surface area is 93.3 Å². The number of pyridine rings is 1. The number of rotatable bonds is 1. The third-order valence-corrected chi connectivity index (χ3v) is 2.33. The molecule has 4 nitrogen and oxygen atoms in total. The lowest BCUT2D eigenvalue weighted by Crippen LogP contribution is -2.07. The van der Waals surface area contributed by atoms with Crippen LogP contribution in [0.3, 0.4) is 0 Å². The number of hydrogen-bond acceptors (Lipinski definition) is 2. The predicted octanol–water partition coefficient (Wildman–Crippen LogP) is 2.36. The molecule has 0 saturated heterocycles. The summed E-state index contributed by atoms with van der Waals surface area (Å²) in [6.07, 6.45) is -3.41. The van der Waals surface area contributed by atoms with Crippen LogP contribution in [-0.4, -0.2) is 20.5 Å². The lowest BCUT2D eigenvalue weighted by molar-refractivity contribution is -0.137. The minimum Gasteiger partial charge on any atom is -0.477 e. The van der Waals surface area contributed by atoms with Crippen molar-refractivity contribution in [2.24, 2.45) is 0 Å². The zero-order valence-electron chi connectivity index (χ0n) is 8.62. The molecule has 0 spiro atoms. The largest absolute Gasteiger partial charge is 0.477 e. The van der Waals surface area contributed by atoms with E-state index in [-0.39, 0.29) is 17.0 Å². The Bertz CT molecular complexity index is 601. The second-order valence-electron chi connectivity index (χ2n) is 3.49. The minimum atomic E-state index is -4.47. The van der Waals surface area contributed by atoms with Gasteiger partial charge in [0.05, 0.1) is 11.3 Å². The third-order valence-electron chi connectivity index (χ3n) is 2.33. The number of fused-ring (bicyclic) bond motifs is 1. The quantitative estimate of drug-likeness (QED) is 0.837. The summed E-state index contributed by atoms with van der Waals surface area (Å²) in [5.74, 6) is -1.23. The first kappa shape index (κ1) is 11.4. The van der Waals surface area contributed by atoms with Gasteiger partial charge in [-0.1, -0.05) is 0 Å². The van der Waals surface area contributed by atoms with Crippen LogP contribution in [0.4, 0.5) is 13.2 Å². The van der Waals surface area contributed by atoms with Crippen molar-refractivity contribution in [2.45, 2.75) is 13.1 Å². The van der Waals surface area contributed by atoms with E-state index in [2.05, 4.69) is 4.98 Å². The Kier molecular flexibility index (Phi) is 2.34. The maximum absolute atomic E-state index is 12.4. The molecule has 2 heterocycles. The molecular weight excluding hydrogens is 237 g/mol. The molecule has 7 heteroatoms. The molecule has 0 bridgehead atoms. The number of carboxylic acids is 1. The highest BCUT2D eigenvalue weighted by Gasteiger charge is 2.31. The van der Waals surface area contributed by atoms with E-state index in [1.54, 1.807) is 0 Å². The molecule has 90 valence electrons. The van der Waals surface area contributed by atoms with Crippen LogP contribution >= 0.6 is 0 Å². The normalized spacial score (nSPS) is 12.0. The molecule has 0 saturated carbocycles. The topological polar surface area (TPSA) is 54.6 Å². The van der Waals surface area contributed by atoms with Crippen molar-refractivity contribution in [3.05, 3.63) is 35.3 Å². The third kappa shape index (κ3) is 1.83. The molecule has 0 aliphatic rings. The van der Waals surface area contributed by atoms with Gasteiger partial charge in [0.1, 0.15) is 5.65 Å². The molecule has 0 aliphatic heterocycles. The van der Waals surface area contributed by atoms with E-state index in [9.17, 15) is 18.0 Å². The maximum atomic E-state index is 12.4. The molecule has 0 amide bonds. The lowest BCUT2D eigenvalue weighted by atomic mass is 10.2. The second kappa shape index (κ2) is 3.47. The molecule has 0 aromatic carbocycles. The fourth-order valence-electron chi connectivity index (χ4n) is 1.60. The van der Waals surface area contributed by atoms with E-state index in [4.69, 9.17) is 5.11 Å². The van der Waals surface area contributed by atoms with Crippen molar-refractivity contribution in [1.82, 2.24) is 9.38 Å². The van der Waals surface area contributed by atoms with Crippen molar-refractivity contribution in [3.8, 4) is 0 Å². The first-order chi connectivity index (χ1) is 7.80. The van der Waals surface area contributed by atoms with E-state index in [0.717, 1.165) is 22.7 Å². The number of alkyl halides is 3. The number of halogens is 3. The van der Waals surface area contributed by atoms with Crippen molar-refractivity contribution < 1.29 is 23.1 Å². The van der Waals surface area contributed by atoms with Gasteiger partial charge in [-0.25, -0.2) is 9.78 Å². The van der Waals surface area contributed by atoms with Gasteiger partial charge in [0.15, 0.2) is 5.69 Å². The van der Waals surface area contributed by atoms with Crippen molar-refractivity contribution >= 4 is 11.6 Å². The number of carboxylic acid groups (broad SMARTS) is 1. The fraction of sp³-hybridized carbons (Fsp3) is 0.200. The number of carbonyl (C=O) groups is 1. The summed E-state index contributed by atoms with van der Waals surface area (Å²) in [5.41, 5.74) is -0.841. The van der Waals surface area contributed by atoms with Crippen LogP contribution in [0.5, 0.6) is 0 Å². The van der Waals surface area contributed by atoms with Crippen molar-refractivity contribution in [1.29, 1.82) is 0 Å². The van der Waals surface area contributed by atoms with Crippen molar-refractivity contribution in [2.75, 3.05) is 0 Å². The van der Waals surface area contributed by atoms with Crippen LogP contribution in [0, 0.1) is 6.92 Å². The summed E-state index contributed by atoms with van der Waals surface area (Å²) < 4.78 is 38.4. The molecule has 2 aromatic heterocycles. The average Bonchev–Trinajstić information content (AvgIpc) is 2.50. The van der Waals surface area contributed by atoms with Crippen LogP contribution in [0.25, 0.3) is 5.65 Å². The zero-order chi connectivity index (χ0) is 12.8. The van der Waals surface area contributed by atoms with Gasteiger partial charge in [0, 0.05) is 6.20 Å². The lowest BCUT2D eigenvalue weighted by Gasteiger charge is -2.06. The summed E-state index contributed by atoms with van der Waals surface area (Å²) in [7, 11) is 0. The fourth-order valence-corrected chi connectivity index (χ4v) is 1.60. The van der Waals surface area contributed by atoms with Gasteiger partial charge < -0.3 is 5.11 Å². The number of nitrogens with zero attached hydrogens (tertiary/aromatic N) is 2. The zero-order valence-corrected chi connectivity index (χ0v) is 8.62. The highest BCUT2D eigenvalue weighted by atomic mass is 19.4. The summed E-state index contributed by atoms with van der Waals surface area (Å²) in [4.78, 5) is 14.7. The molecule has 2 rings (SSSR count). The Morgan fingerprint density at radius 2 is 2.12 bits per heavy atom. The first-order valence-electron chi connectivity index (χ1n) is 4.60. The Balaban J connectivity index is 2.70. The van der Waals surface area contributed by atoms with E-state index in [1.165, 1.54) is 6.92 Å². The van der Waals surface area contributed by atoms with Crippen LogP contribution < -0.4 is 0 Å². The van der Waals surface area contributed by atoms with Crippen LogP contribution in [0.1, 0.15) is 21.7 Å². The van der Waals surface area contributed by atoms with Gasteiger partial charge in [-0.3, -0.25) is 4.40 Å². The summed E-state index contributed by atoms with van der Waals surface area (Å²) >= 11 is 0. The maximum Gasteiger partial charge on any atom is 0.416 e. The molecule has 2 aromatic rings. The van der Waals surface area contributed by atoms with Gasteiger partial charge in [0.25, 0.3) is 0 Å². The first-order valence-corrected chi connectivity index (χ1v) is 4.60. The SMILES string of the molecule is Cc1nc2cc(C(F)(F)F)ccn2c1C(=O)O. The Hall–Kier alpha value is -2.05. The van der Waals surface area contributed by atoms with Crippen LogP contribution in [0.2, 0.25) is 0 Å². The van der Waals surface area contributed by atoms with Gasteiger partial charge in [-0.05, 0) is 19.1 Å². The van der Waals surface area contributed by atoms with Crippen molar-refractivity contribution in [3.63, 3.8) is 0 Å². The molecule has 0 atom stereocenters. The Morgan fingerprint density at radius 1 is 1.47 bits per heavy atom. The number of imidazole rings is 1. The van der Waals surface area contributed by atoms with Crippen LogP contribution in [-0.2, 0) is 6.18 Å². The van der Waals surface area contributed by atoms with Gasteiger partial charge in [-0.2, -0.15) is 13.2 Å². The second-order valence-corrected chi connectivity index (χ2v) is 3.49.